The molecule has 110 valence electrons. The number of hydrogen-bond donors (Lipinski definition) is 2. The molecule has 3 rings (SSSR count). The minimum Gasteiger partial charge on any atom is -0.356 e. The molecule has 0 saturated heterocycles. The van der Waals surface area contributed by atoms with Crippen molar-refractivity contribution in [1.29, 1.82) is 0 Å². The fraction of sp³-hybridized carbons (Fsp3) is 0.933. The summed E-state index contributed by atoms with van der Waals surface area (Å²) < 4.78 is 0. The summed E-state index contributed by atoms with van der Waals surface area (Å²) in [5.41, 5.74) is 0.632. The van der Waals surface area contributed by atoms with E-state index in [1.54, 1.807) is 0 Å². The first kappa shape index (κ1) is 15.4. The number of halogens is 1. The maximum Gasteiger partial charge on any atom is 0.191 e. The van der Waals surface area contributed by atoms with E-state index in [-0.39, 0.29) is 24.0 Å². The Morgan fingerprint density at radius 3 is 2.26 bits per heavy atom. The number of nitrogens with one attached hydrogen (secondary N) is 2. The summed E-state index contributed by atoms with van der Waals surface area (Å²) in [4.78, 5) is 4.39. The molecule has 19 heavy (non-hydrogen) atoms. The molecule has 0 spiro atoms. The van der Waals surface area contributed by atoms with Gasteiger partial charge in [0.2, 0.25) is 0 Å². The molecule has 3 aliphatic carbocycles. The number of nitrogens with zero attached hydrogens (tertiary/aromatic N) is 1. The molecule has 2 N–H and O–H groups in total. The first-order valence-corrected chi connectivity index (χ1v) is 7.80. The Balaban J connectivity index is 0.00000133. The van der Waals surface area contributed by atoms with Gasteiger partial charge in [0.25, 0.3) is 0 Å². The number of rotatable bonds is 4. The van der Waals surface area contributed by atoms with Crippen LogP contribution in [0.15, 0.2) is 4.99 Å². The van der Waals surface area contributed by atoms with E-state index in [1.807, 2.05) is 7.05 Å². The zero-order chi connectivity index (χ0) is 12.4. The molecule has 3 nitrogen and oxygen atoms in total. The zero-order valence-corrected chi connectivity index (χ0v) is 14.4. The van der Waals surface area contributed by atoms with Crippen molar-refractivity contribution in [2.75, 3.05) is 13.6 Å². The molecular weight excluding hydrogens is 349 g/mol. The highest BCUT2D eigenvalue weighted by molar-refractivity contribution is 14.0. The van der Waals surface area contributed by atoms with E-state index in [0.717, 1.165) is 18.4 Å². The monoisotopic (exact) mass is 377 g/mol. The number of guanidine groups is 1. The fourth-order valence-corrected chi connectivity index (χ4v) is 3.77. The Bertz CT molecular complexity index is 315. The second-order valence-electron chi connectivity index (χ2n) is 6.54. The maximum absolute atomic E-state index is 4.39. The largest absolute Gasteiger partial charge is 0.356 e. The van der Waals surface area contributed by atoms with Crippen molar-refractivity contribution in [3.63, 3.8) is 0 Å². The van der Waals surface area contributed by atoms with Crippen LogP contribution in [0.5, 0.6) is 0 Å². The molecule has 0 radical (unpaired) electrons. The minimum atomic E-state index is 0. The van der Waals surface area contributed by atoms with Crippen LogP contribution in [0.1, 0.15) is 57.8 Å². The summed E-state index contributed by atoms with van der Waals surface area (Å²) in [5.74, 6) is 2.05. The molecule has 0 aromatic rings. The van der Waals surface area contributed by atoms with Gasteiger partial charge in [-0.25, -0.2) is 0 Å². The van der Waals surface area contributed by atoms with Crippen LogP contribution in [-0.4, -0.2) is 25.6 Å². The predicted molar refractivity (Wildman–Crippen MR) is 91.2 cm³/mol. The quantitative estimate of drug-likeness (QED) is 0.448. The van der Waals surface area contributed by atoms with Crippen molar-refractivity contribution in [1.82, 2.24) is 10.6 Å². The van der Waals surface area contributed by atoms with E-state index < -0.39 is 0 Å². The van der Waals surface area contributed by atoms with Crippen LogP contribution in [0, 0.1) is 11.3 Å². The van der Waals surface area contributed by atoms with Crippen LogP contribution in [0.4, 0.5) is 0 Å². The van der Waals surface area contributed by atoms with E-state index in [1.165, 1.54) is 57.8 Å². The highest BCUT2D eigenvalue weighted by Gasteiger charge is 2.48. The van der Waals surface area contributed by atoms with Gasteiger partial charge < -0.3 is 10.6 Å². The second-order valence-corrected chi connectivity index (χ2v) is 6.54. The minimum absolute atomic E-state index is 0. The molecule has 3 fully saturated rings. The van der Waals surface area contributed by atoms with Gasteiger partial charge in [-0.2, -0.15) is 0 Å². The van der Waals surface area contributed by atoms with Crippen LogP contribution >= 0.6 is 24.0 Å². The normalized spacial score (nSPS) is 26.5. The van der Waals surface area contributed by atoms with Crippen molar-refractivity contribution in [3.05, 3.63) is 0 Å². The second kappa shape index (κ2) is 6.64. The van der Waals surface area contributed by atoms with E-state index in [4.69, 9.17) is 0 Å². The van der Waals surface area contributed by atoms with Crippen LogP contribution in [0.2, 0.25) is 0 Å². The average Bonchev–Trinajstić information content (AvgIpc) is 3.04. The predicted octanol–water partition coefficient (Wildman–Crippen LogP) is 3.29. The summed E-state index contributed by atoms with van der Waals surface area (Å²) in [7, 11) is 1.90. The summed E-state index contributed by atoms with van der Waals surface area (Å²) in [6, 6.07) is 0.662. The van der Waals surface area contributed by atoms with Gasteiger partial charge in [-0.3, -0.25) is 4.99 Å². The Kier molecular flexibility index (Phi) is 5.37. The fourth-order valence-electron chi connectivity index (χ4n) is 3.77. The van der Waals surface area contributed by atoms with Crippen LogP contribution in [-0.2, 0) is 0 Å². The molecule has 0 unspecified atom stereocenters. The highest BCUT2D eigenvalue weighted by Crippen LogP contribution is 2.56. The third kappa shape index (κ3) is 3.56. The van der Waals surface area contributed by atoms with Crippen molar-refractivity contribution < 1.29 is 0 Å². The molecule has 3 aliphatic rings. The Hall–Kier alpha value is 0. The molecule has 3 saturated carbocycles. The van der Waals surface area contributed by atoms with E-state index >= 15 is 0 Å². The van der Waals surface area contributed by atoms with Gasteiger partial charge in [0.05, 0.1) is 0 Å². The molecule has 4 heteroatoms. The summed E-state index contributed by atoms with van der Waals surface area (Å²) in [6.07, 6.45) is 12.6. The van der Waals surface area contributed by atoms with Crippen LogP contribution in [0.25, 0.3) is 0 Å². The van der Waals surface area contributed by atoms with Crippen LogP contribution < -0.4 is 10.6 Å². The van der Waals surface area contributed by atoms with E-state index in [9.17, 15) is 0 Å². The Morgan fingerprint density at radius 1 is 1.11 bits per heavy atom. The topological polar surface area (TPSA) is 36.4 Å². The first-order valence-electron chi connectivity index (χ1n) is 7.80. The summed E-state index contributed by atoms with van der Waals surface area (Å²) >= 11 is 0. The Morgan fingerprint density at radius 2 is 1.79 bits per heavy atom. The van der Waals surface area contributed by atoms with Crippen molar-refractivity contribution in [2.24, 2.45) is 16.3 Å². The smallest absolute Gasteiger partial charge is 0.191 e. The third-order valence-corrected chi connectivity index (χ3v) is 5.32. The van der Waals surface area contributed by atoms with Crippen molar-refractivity contribution in [3.8, 4) is 0 Å². The van der Waals surface area contributed by atoms with E-state index in [2.05, 4.69) is 15.6 Å². The lowest BCUT2D eigenvalue weighted by atomic mass is 9.65. The van der Waals surface area contributed by atoms with Crippen molar-refractivity contribution >= 4 is 29.9 Å². The van der Waals surface area contributed by atoms with Gasteiger partial charge in [0, 0.05) is 19.6 Å². The summed E-state index contributed by atoms with van der Waals surface area (Å²) in [5, 5.41) is 7.18. The molecule has 0 aromatic carbocycles. The lowest BCUT2D eigenvalue weighted by molar-refractivity contribution is 0.105. The van der Waals surface area contributed by atoms with Gasteiger partial charge in [0.1, 0.15) is 0 Å². The summed E-state index contributed by atoms with van der Waals surface area (Å²) in [6.45, 7) is 1.14. The lowest BCUT2D eigenvalue weighted by Crippen LogP contribution is -2.49. The molecule has 0 heterocycles. The average molecular weight is 377 g/mol. The molecule has 0 bridgehead atoms. The van der Waals surface area contributed by atoms with Gasteiger partial charge >= 0.3 is 0 Å². The van der Waals surface area contributed by atoms with Gasteiger partial charge in [-0.1, -0.05) is 19.3 Å². The molecule has 0 aliphatic heterocycles. The van der Waals surface area contributed by atoms with Gasteiger partial charge in [0.15, 0.2) is 5.96 Å². The number of hydrogen-bond acceptors (Lipinski definition) is 1. The van der Waals surface area contributed by atoms with Crippen molar-refractivity contribution in [2.45, 2.75) is 63.8 Å². The maximum atomic E-state index is 4.39. The standard InChI is InChI=1S/C15H27N3.HI/c1-16-14(18-13-5-2-3-6-13)17-11-15(9-4-10-15)12-7-8-12;/h12-13H,2-11H2,1H3,(H2,16,17,18);1H. The SMILES string of the molecule is CN=C(NCC1(C2CC2)CCC1)NC1CCCC1.I. The molecule has 0 amide bonds. The highest BCUT2D eigenvalue weighted by atomic mass is 127. The third-order valence-electron chi connectivity index (χ3n) is 5.32. The molecular formula is C15H28IN3. The Labute approximate surface area is 134 Å². The number of aliphatic imine (C=N–C) groups is 1. The molecule has 0 aromatic heterocycles. The lowest BCUT2D eigenvalue weighted by Gasteiger charge is -2.43. The van der Waals surface area contributed by atoms with E-state index in [0.29, 0.717) is 11.5 Å². The van der Waals surface area contributed by atoms with Gasteiger partial charge in [-0.05, 0) is 49.9 Å². The first-order chi connectivity index (χ1) is 8.82. The molecule has 0 atom stereocenters. The van der Waals surface area contributed by atoms with Gasteiger partial charge in [-0.15, -0.1) is 24.0 Å². The zero-order valence-electron chi connectivity index (χ0n) is 12.1. The van der Waals surface area contributed by atoms with Crippen LogP contribution in [0.3, 0.4) is 0 Å².